The van der Waals surface area contributed by atoms with E-state index in [2.05, 4.69) is 38.1 Å². The molecule has 2 nitrogen and oxygen atoms in total. The molecule has 1 spiro atoms. The molecule has 1 aromatic rings. The van der Waals surface area contributed by atoms with Crippen LogP contribution < -0.4 is 5.73 Å². The summed E-state index contributed by atoms with van der Waals surface area (Å²) >= 11 is 0. The maximum Gasteiger partial charge on any atom is 0.0686 e. The van der Waals surface area contributed by atoms with E-state index in [1.165, 1.54) is 30.4 Å². The van der Waals surface area contributed by atoms with Crippen LogP contribution in [0.25, 0.3) is 0 Å². The SMILES string of the molecule is Cc1cccc(C(C)(N)C2CCOC3(CCC3)C2)c1. The van der Waals surface area contributed by atoms with Crippen molar-refractivity contribution in [2.75, 3.05) is 6.61 Å². The Labute approximate surface area is 116 Å². The van der Waals surface area contributed by atoms with Gasteiger partial charge in [0.2, 0.25) is 0 Å². The van der Waals surface area contributed by atoms with Crippen molar-refractivity contribution in [3.8, 4) is 0 Å². The molecule has 1 aliphatic carbocycles. The van der Waals surface area contributed by atoms with Crippen molar-refractivity contribution < 1.29 is 4.74 Å². The molecule has 1 saturated carbocycles. The molecule has 2 unspecified atom stereocenters. The standard InChI is InChI=1S/C17H25NO/c1-13-5-3-6-14(11-13)16(2,18)15-7-10-19-17(12-15)8-4-9-17/h3,5-6,11,15H,4,7-10,12,18H2,1-2H3. The number of rotatable bonds is 2. The Balaban J connectivity index is 1.83. The number of hydrogen-bond donors (Lipinski definition) is 1. The summed E-state index contributed by atoms with van der Waals surface area (Å²) in [6.45, 7) is 5.21. The van der Waals surface area contributed by atoms with Gasteiger partial charge in [-0.2, -0.15) is 0 Å². The van der Waals surface area contributed by atoms with E-state index in [0.717, 1.165) is 19.4 Å². The van der Waals surface area contributed by atoms with Gasteiger partial charge >= 0.3 is 0 Å². The van der Waals surface area contributed by atoms with Gasteiger partial charge in [-0.05, 0) is 57.4 Å². The van der Waals surface area contributed by atoms with Gasteiger partial charge in [0.05, 0.1) is 5.60 Å². The molecule has 0 amide bonds. The van der Waals surface area contributed by atoms with Crippen LogP contribution in [0.1, 0.15) is 50.2 Å². The third-order valence-corrected chi connectivity index (χ3v) is 5.25. The Hall–Kier alpha value is -0.860. The number of benzene rings is 1. The van der Waals surface area contributed by atoms with Gasteiger partial charge in [0, 0.05) is 12.1 Å². The summed E-state index contributed by atoms with van der Waals surface area (Å²) in [4.78, 5) is 0. The summed E-state index contributed by atoms with van der Waals surface area (Å²) in [5.74, 6) is 0.531. The number of aryl methyl sites for hydroxylation is 1. The highest BCUT2D eigenvalue weighted by Crippen LogP contribution is 2.48. The molecule has 104 valence electrons. The fourth-order valence-corrected chi connectivity index (χ4v) is 3.67. The smallest absolute Gasteiger partial charge is 0.0686 e. The zero-order chi connectivity index (χ0) is 13.5. The van der Waals surface area contributed by atoms with Gasteiger partial charge in [0.25, 0.3) is 0 Å². The van der Waals surface area contributed by atoms with Gasteiger partial charge in [-0.15, -0.1) is 0 Å². The van der Waals surface area contributed by atoms with Crippen molar-refractivity contribution in [1.29, 1.82) is 0 Å². The number of ether oxygens (including phenoxy) is 1. The number of nitrogens with two attached hydrogens (primary N) is 1. The quantitative estimate of drug-likeness (QED) is 0.882. The topological polar surface area (TPSA) is 35.2 Å². The maximum absolute atomic E-state index is 6.73. The molecular formula is C17H25NO. The second kappa shape index (κ2) is 4.60. The Bertz CT molecular complexity index is 462. The van der Waals surface area contributed by atoms with Crippen LogP contribution in [0, 0.1) is 12.8 Å². The lowest BCUT2D eigenvalue weighted by atomic mass is 9.66. The van der Waals surface area contributed by atoms with Crippen LogP contribution >= 0.6 is 0 Å². The molecule has 19 heavy (non-hydrogen) atoms. The zero-order valence-corrected chi connectivity index (χ0v) is 12.1. The highest BCUT2D eigenvalue weighted by molar-refractivity contribution is 5.29. The van der Waals surface area contributed by atoms with E-state index < -0.39 is 0 Å². The molecule has 2 heteroatoms. The summed E-state index contributed by atoms with van der Waals surface area (Å²) in [6, 6.07) is 8.67. The van der Waals surface area contributed by atoms with Crippen molar-refractivity contribution >= 4 is 0 Å². The Morgan fingerprint density at radius 2 is 2.16 bits per heavy atom. The Morgan fingerprint density at radius 1 is 1.37 bits per heavy atom. The van der Waals surface area contributed by atoms with Crippen LogP contribution in [0.3, 0.4) is 0 Å². The van der Waals surface area contributed by atoms with Gasteiger partial charge in [-0.25, -0.2) is 0 Å². The molecule has 1 saturated heterocycles. The van der Waals surface area contributed by atoms with E-state index in [1.54, 1.807) is 0 Å². The minimum atomic E-state index is -0.238. The molecule has 0 bridgehead atoms. The van der Waals surface area contributed by atoms with Gasteiger partial charge < -0.3 is 10.5 Å². The molecule has 2 aliphatic rings. The number of hydrogen-bond acceptors (Lipinski definition) is 2. The van der Waals surface area contributed by atoms with Crippen LogP contribution in [0.15, 0.2) is 24.3 Å². The van der Waals surface area contributed by atoms with Gasteiger partial charge in [-0.1, -0.05) is 29.8 Å². The maximum atomic E-state index is 6.73. The average molecular weight is 259 g/mol. The third-order valence-electron chi connectivity index (χ3n) is 5.25. The second-order valence-corrected chi connectivity index (χ2v) is 6.73. The molecular weight excluding hydrogens is 234 g/mol. The van der Waals surface area contributed by atoms with Gasteiger partial charge in [0.15, 0.2) is 0 Å². The monoisotopic (exact) mass is 259 g/mol. The molecule has 1 heterocycles. The van der Waals surface area contributed by atoms with Crippen molar-refractivity contribution in [1.82, 2.24) is 0 Å². The normalized spacial score (nSPS) is 28.7. The first-order chi connectivity index (χ1) is 9.02. The molecule has 0 radical (unpaired) electrons. The molecule has 1 aliphatic heterocycles. The first-order valence-corrected chi connectivity index (χ1v) is 7.52. The van der Waals surface area contributed by atoms with Crippen molar-refractivity contribution in [2.45, 2.75) is 57.1 Å². The average Bonchev–Trinajstić information content (AvgIpc) is 2.37. The Kier molecular flexibility index (Phi) is 3.18. The minimum Gasteiger partial charge on any atom is -0.375 e. The van der Waals surface area contributed by atoms with Crippen LogP contribution in [0.4, 0.5) is 0 Å². The first kappa shape index (κ1) is 13.1. The van der Waals surface area contributed by atoms with E-state index in [4.69, 9.17) is 10.5 Å². The van der Waals surface area contributed by atoms with Crippen LogP contribution in [0.5, 0.6) is 0 Å². The van der Waals surface area contributed by atoms with E-state index in [9.17, 15) is 0 Å². The molecule has 1 aromatic carbocycles. The summed E-state index contributed by atoms with van der Waals surface area (Å²) in [5.41, 5.74) is 9.23. The van der Waals surface area contributed by atoms with E-state index >= 15 is 0 Å². The molecule has 2 N–H and O–H groups in total. The largest absolute Gasteiger partial charge is 0.375 e. The lowest BCUT2D eigenvalue weighted by molar-refractivity contribution is -0.151. The van der Waals surface area contributed by atoms with Crippen molar-refractivity contribution in [3.63, 3.8) is 0 Å². The van der Waals surface area contributed by atoms with Crippen LogP contribution in [-0.2, 0) is 10.3 Å². The summed E-state index contributed by atoms with van der Waals surface area (Å²) < 4.78 is 6.03. The van der Waals surface area contributed by atoms with E-state index in [-0.39, 0.29) is 11.1 Å². The molecule has 2 fully saturated rings. The third kappa shape index (κ3) is 2.32. The van der Waals surface area contributed by atoms with E-state index in [1.807, 2.05) is 0 Å². The fraction of sp³-hybridized carbons (Fsp3) is 0.647. The van der Waals surface area contributed by atoms with Gasteiger partial charge in [0.1, 0.15) is 0 Å². The second-order valence-electron chi connectivity index (χ2n) is 6.73. The highest BCUT2D eigenvalue weighted by atomic mass is 16.5. The lowest BCUT2D eigenvalue weighted by Gasteiger charge is -2.50. The molecule has 3 rings (SSSR count). The van der Waals surface area contributed by atoms with Crippen LogP contribution in [-0.4, -0.2) is 12.2 Å². The Morgan fingerprint density at radius 3 is 2.79 bits per heavy atom. The highest BCUT2D eigenvalue weighted by Gasteiger charge is 2.46. The molecule has 2 atom stereocenters. The predicted molar refractivity (Wildman–Crippen MR) is 78.0 cm³/mol. The summed E-state index contributed by atoms with van der Waals surface area (Å²) in [6.07, 6.45) is 6.00. The zero-order valence-electron chi connectivity index (χ0n) is 12.1. The molecule has 0 aromatic heterocycles. The first-order valence-electron chi connectivity index (χ1n) is 7.52. The van der Waals surface area contributed by atoms with Gasteiger partial charge in [-0.3, -0.25) is 0 Å². The fourth-order valence-electron chi connectivity index (χ4n) is 3.67. The van der Waals surface area contributed by atoms with Crippen molar-refractivity contribution in [2.24, 2.45) is 11.7 Å². The lowest BCUT2D eigenvalue weighted by Crippen LogP contribution is -2.52. The summed E-state index contributed by atoms with van der Waals surface area (Å²) in [7, 11) is 0. The minimum absolute atomic E-state index is 0.174. The summed E-state index contributed by atoms with van der Waals surface area (Å²) in [5, 5.41) is 0. The van der Waals surface area contributed by atoms with E-state index in [0.29, 0.717) is 5.92 Å². The van der Waals surface area contributed by atoms with Crippen LogP contribution in [0.2, 0.25) is 0 Å². The predicted octanol–water partition coefficient (Wildman–Crippen LogP) is 3.52. The van der Waals surface area contributed by atoms with Crippen molar-refractivity contribution in [3.05, 3.63) is 35.4 Å².